The Balaban J connectivity index is 1.41. The van der Waals surface area contributed by atoms with E-state index in [1.165, 1.54) is 5.56 Å². The lowest BCUT2D eigenvalue weighted by Gasteiger charge is -2.27. The summed E-state index contributed by atoms with van der Waals surface area (Å²) >= 11 is 0. The van der Waals surface area contributed by atoms with Gasteiger partial charge in [-0.05, 0) is 35.7 Å². The van der Waals surface area contributed by atoms with Crippen molar-refractivity contribution in [1.82, 2.24) is 14.5 Å². The van der Waals surface area contributed by atoms with E-state index in [9.17, 15) is 4.79 Å². The Kier molecular flexibility index (Phi) is 5.86. The third-order valence-electron chi connectivity index (χ3n) is 5.01. The van der Waals surface area contributed by atoms with E-state index < -0.39 is 0 Å². The van der Waals surface area contributed by atoms with Gasteiger partial charge in [-0.2, -0.15) is 4.98 Å². The molecule has 7 heteroatoms. The van der Waals surface area contributed by atoms with Crippen LogP contribution in [-0.4, -0.2) is 40.8 Å². The largest absolute Gasteiger partial charge is 0.378 e. The lowest BCUT2D eigenvalue weighted by molar-refractivity contribution is 0.122. The molecule has 0 amide bonds. The summed E-state index contributed by atoms with van der Waals surface area (Å²) < 4.78 is 6.97. The van der Waals surface area contributed by atoms with Crippen LogP contribution in [0, 0.1) is 0 Å². The molecule has 0 atom stereocenters. The summed E-state index contributed by atoms with van der Waals surface area (Å²) in [5, 5.41) is 3.15. The van der Waals surface area contributed by atoms with Gasteiger partial charge in [0, 0.05) is 19.3 Å². The average molecular weight is 391 g/mol. The van der Waals surface area contributed by atoms with E-state index in [-0.39, 0.29) is 5.69 Å². The van der Waals surface area contributed by atoms with Crippen molar-refractivity contribution in [3.63, 3.8) is 0 Å². The Morgan fingerprint density at radius 2 is 1.79 bits per heavy atom. The van der Waals surface area contributed by atoms with Gasteiger partial charge in [0.15, 0.2) is 0 Å². The first-order chi connectivity index (χ1) is 14.2. The zero-order valence-electron chi connectivity index (χ0n) is 16.5. The first-order valence-corrected chi connectivity index (χ1v) is 9.92. The maximum Gasteiger partial charge on any atom is 0.349 e. The Hall–Kier alpha value is -3.19. The second kappa shape index (κ2) is 8.87. The van der Waals surface area contributed by atoms with Crippen LogP contribution in [0.3, 0.4) is 0 Å². The number of benzene rings is 1. The maximum absolute atomic E-state index is 12.4. The Bertz CT molecular complexity index is 993. The Labute approximate surface area is 170 Å². The van der Waals surface area contributed by atoms with Gasteiger partial charge in [0.2, 0.25) is 0 Å². The normalized spacial score (nSPS) is 14.0. The highest BCUT2D eigenvalue weighted by molar-refractivity contribution is 5.56. The molecule has 4 rings (SSSR count). The minimum atomic E-state index is -0.285. The van der Waals surface area contributed by atoms with Crippen molar-refractivity contribution in [3.8, 4) is 0 Å². The van der Waals surface area contributed by atoms with Crippen LogP contribution in [0.4, 0.5) is 17.3 Å². The molecule has 0 spiro atoms. The summed E-state index contributed by atoms with van der Waals surface area (Å²) in [7, 11) is 0. The molecule has 0 saturated carbocycles. The molecule has 1 aliphatic rings. The number of ether oxygens (including phenoxy) is 1. The van der Waals surface area contributed by atoms with Crippen molar-refractivity contribution in [2.75, 3.05) is 36.5 Å². The lowest BCUT2D eigenvalue weighted by atomic mass is 10.1. The number of nitrogens with zero attached hydrogens (tertiary/aromatic N) is 4. The second-order valence-electron chi connectivity index (χ2n) is 7.02. The Morgan fingerprint density at radius 1 is 1.03 bits per heavy atom. The smallest absolute Gasteiger partial charge is 0.349 e. The van der Waals surface area contributed by atoms with Gasteiger partial charge in [0.1, 0.15) is 11.6 Å². The van der Waals surface area contributed by atoms with E-state index in [0.29, 0.717) is 12.4 Å². The predicted octanol–water partition coefficient (Wildman–Crippen LogP) is 2.83. The molecular weight excluding hydrogens is 366 g/mol. The Morgan fingerprint density at radius 3 is 2.45 bits per heavy atom. The first-order valence-electron chi connectivity index (χ1n) is 9.92. The van der Waals surface area contributed by atoms with E-state index in [1.54, 1.807) is 23.0 Å². The van der Waals surface area contributed by atoms with Crippen molar-refractivity contribution in [2.45, 2.75) is 19.9 Å². The quantitative estimate of drug-likeness (QED) is 0.697. The highest BCUT2D eigenvalue weighted by atomic mass is 16.5. The molecule has 1 aromatic carbocycles. The van der Waals surface area contributed by atoms with E-state index in [1.807, 2.05) is 12.1 Å². The molecular formula is C22H25N5O2. The van der Waals surface area contributed by atoms with E-state index in [0.717, 1.165) is 49.8 Å². The third kappa shape index (κ3) is 4.81. The van der Waals surface area contributed by atoms with Crippen LogP contribution in [-0.2, 0) is 17.7 Å². The zero-order chi connectivity index (χ0) is 20.1. The second-order valence-corrected chi connectivity index (χ2v) is 7.02. The topological polar surface area (TPSA) is 72.3 Å². The van der Waals surface area contributed by atoms with Crippen LogP contribution in [0.5, 0.6) is 0 Å². The number of rotatable bonds is 6. The SMILES string of the molecule is CCc1ccc(Cn2ccc(Nc3ccc(N4CCOCC4)nc3)nc2=O)cc1. The number of aryl methyl sites for hydroxylation is 1. The van der Waals surface area contributed by atoms with Gasteiger partial charge < -0.3 is 15.0 Å². The number of pyridine rings is 1. The molecule has 3 heterocycles. The van der Waals surface area contributed by atoms with Gasteiger partial charge in [0.25, 0.3) is 0 Å². The summed E-state index contributed by atoms with van der Waals surface area (Å²) in [6.45, 7) is 5.78. The number of hydrogen-bond acceptors (Lipinski definition) is 6. The van der Waals surface area contributed by atoms with E-state index in [2.05, 4.69) is 51.4 Å². The van der Waals surface area contributed by atoms with Crippen LogP contribution in [0.15, 0.2) is 59.7 Å². The van der Waals surface area contributed by atoms with Crippen LogP contribution in [0.2, 0.25) is 0 Å². The standard InChI is InChI=1S/C22H25N5O2/c1-2-17-3-5-18(6-4-17)16-27-10-9-20(25-22(27)28)24-19-7-8-21(23-15-19)26-11-13-29-14-12-26/h3-10,15H,2,11-14,16H2,1H3,(H,24,25,28). The lowest BCUT2D eigenvalue weighted by Crippen LogP contribution is -2.36. The zero-order valence-corrected chi connectivity index (χ0v) is 16.5. The van der Waals surface area contributed by atoms with Gasteiger partial charge in [-0.25, -0.2) is 9.78 Å². The molecule has 0 aliphatic carbocycles. The fourth-order valence-electron chi connectivity index (χ4n) is 3.28. The molecule has 29 heavy (non-hydrogen) atoms. The fraction of sp³-hybridized carbons (Fsp3) is 0.318. The molecule has 2 aromatic heterocycles. The predicted molar refractivity (Wildman–Crippen MR) is 114 cm³/mol. The van der Waals surface area contributed by atoms with Crippen molar-refractivity contribution >= 4 is 17.3 Å². The summed E-state index contributed by atoms with van der Waals surface area (Å²) in [5.74, 6) is 1.44. The fourth-order valence-corrected chi connectivity index (χ4v) is 3.28. The molecule has 7 nitrogen and oxygen atoms in total. The summed E-state index contributed by atoms with van der Waals surface area (Å²) in [6.07, 6.45) is 4.53. The van der Waals surface area contributed by atoms with Crippen LogP contribution < -0.4 is 15.9 Å². The minimum absolute atomic E-state index is 0.285. The molecule has 1 fully saturated rings. The number of aromatic nitrogens is 3. The minimum Gasteiger partial charge on any atom is -0.378 e. The van der Waals surface area contributed by atoms with Crippen molar-refractivity contribution in [2.24, 2.45) is 0 Å². The van der Waals surface area contributed by atoms with Gasteiger partial charge in [-0.3, -0.25) is 4.57 Å². The van der Waals surface area contributed by atoms with Crippen LogP contribution in [0.1, 0.15) is 18.1 Å². The molecule has 0 unspecified atom stereocenters. The number of nitrogens with one attached hydrogen (secondary N) is 1. The van der Waals surface area contributed by atoms with Crippen molar-refractivity contribution in [1.29, 1.82) is 0 Å². The summed E-state index contributed by atoms with van der Waals surface area (Å²) in [5.41, 5.74) is 2.87. The third-order valence-corrected chi connectivity index (χ3v) is 5.01. The van der Waals surface area contributed by atoms with Crippen molar-refractivity contribution in [3.05, 3.63) is 76.5 Å². The molecule has 3 aromatic rings. The average Bonchev–Trinajstić information content (AvgIpc) is 2.77. The molecule has 0 radical (unpaired) electrons. The highest BCUT2D eigenvalue weighted by Crippen LogP contribution is 2.18. The number of morpholine rings is 1. The summed E-state index contributed by atoms with van der Waals surface area (Å²) in [6, 6.07) is 14.0. The van der Waals surface area contributed by atoms with E-state index in [4.69, 9.17) is 4.74 Å². The summed E-state index contributed by atoms with van der Waals surface area (Å²) in [4.78, 5) is 23.2. The van der Waals surface area contributed by atoms with Gasteiger partial charge in [-0.1, -0.05) is 31.2 Å². The number of anilines is 3. The molecule has 150 valence electrons. The van der Waals surface area contributed by atoms with Crippen molar-refractivity contribution < 1.29 is 4.74 Å². The first kappa shape index (κ1) is 19.1. The molecule has 1 aliphatic heterocycles. The van der Waals surface area contributed by atoms with E-state index >= 15 is 0 Å². The van der Waals surface area contributed by atoms with Gasteiger partial charge in [-0.15, -0.1) is 0 Å². The maximum atomic E-state index is 12.4. The van der Waals surface area contributed by atoms with Crippen LogP contribution >= 0.6 is 0 Å². The molecule has 0 bridgehead atoms. The molecule has 1 N–H and O–H groups in total. The number of hydrogen-bond donors (Lipinski definition) is 1. The van der Waals surface area contributed by atoms with Crippen LogP contribution in [0.25, 0.3) is 0 Å². The highest BCUT2D eigenvalue weighted by Gasteiger charge is 2.12. The van der Waals surface area contributed by atoms with Gasteiger partial charge in [0.05, 0.1) is 31.6 Å². The van der Waals surface area contributed by atoms with Gasteiger partial charge >= 0.3 is 5.69 Å². The monoisotopic (exact) mass is 391 g/mol. The molecule has 1 saturated heterocycles.